The number of carbonyl (C=O) groups is 1. The molecule has 0 saturated carbocycles. The second-order valence-corrected chi connectivity index (χ2v) is 6.53. The first kappa shape index (κ1) is 18.0. The van der Waals surface area contributed by atoms with Gasteiger partial charge in [-0.25, -0.2) is 9.97 Å². The van der Waals surface area contributed by atoms with Crippen molar-refractivity contribution in [1.82, 2.24) is 24.4 Å². The summed E-state index contributed by atoms with van der Waals surface area (Å²) in [5.41, 5.74) is 1.10. The van der Waals surface area contributed by atoms with Crippen molar-refractivity contribution in [3.63, 3.8) is 0 Å². The third kappa shape index (κ3) is 4.07. The molecular weight excluding hydrogens is 334 g/mol. The zero-order valence-corrected chi connectivity index (χ0v) is 15.3. The molecule has 0 aliphatic carbocycles. The standard InChI is InChI=1S/C18H23N5O3/c1-12-13(2)20-11-23(18(12)25)10-17(24)22-8-5-15(6-9-22)26-16-4-7-19-14(3)21-16/h4,7,11,15H,5-6,8-10H2,1-3H3. The van der Waals surface area contributed by atoms with Crippen molar-refractivity contribution in [1.29, 1.82) is 0 Å². The second kappa shape index (κ2) is 7.63. The van der Waals surface area contributed by atoms with Gasteiger partial charge in [0.05, 0.1) is 6.33 Å². The van der Waals surface area contributed by atoms with E-state index in [1.807, 2.05) is 6.92 Å². The van der Waals surface area contributed by atoms with Crippen molar-refractivity contribution >= 4 is 5.91 Å². The quantitative estimate of drug-likeness (QED) is 0.812. The molecule has 1 saturated heterocycles. The number of rotatable bonds is 4. The molecule has 3 rings (SSSR count). The molecule has 1 fully saturated rings. The van der Waals surface area contributed by atoms with Crippen LogP contribution in [0.1, 0.15) is 29.9 Å². The summed E-state index contributed by atoms with van der Waals surface area (Å²) in [7, 11) is 0. The average Bonchev–Trinajstić information content (AvgIpc) is 2.63. The van der Waals surface area contributed by atoms with Crippen LogP contribution in [0.15, 0.2) is 23.4 Å². The van der Waals surface area contributed by atoms with Crippen LogP contribution >= 0.6 is 0 Å². The minimum atomic E-state index is -0.164. The van der Waals surface area contributed by atoms with Gasteiger partial charge in [0.15, 0.2) is 0 Å². The number of amides is 1. The molecule has 138 valence electrons. The number of nitrogens with zero attached hydrogens (tertiary/aromatic N) is 5. The van der Waals surface area contributed by atoms with E-state index in [0.717, 1.165) is 12.8 Å². The van der Waals surface area contributed by atoms with Gasteiger partial charge < -0.3 is 9.64 Å². The van der Waals surface area contributed by atoms with Gasteiger partial charge >= 0.3 is 0 Å². The van der Waals surface area contributed by atoms with E-state index in [4.69, 9.17) is 4.74 Å². The number of hydrogen-bond donors (Lipinski definition) is 0. The summed E-state index contributed by atoms with van der Waals surface area (Å²) in [6, 6.07) is 1.74. The van der Waals surface area contributed by atoms with Crippen LogP contribution in [0, 0.1) is 20.8 Å². The Bertz CT molecular complexity index is 856. The van der Waals surface area contributed by atoms with Crippen LogP contribution in [-0.2, 0) is 11.3 Å². The van der Waals surface area contributed by atoms with Crippen LogP contribution < -0.4 is 10.3 Å². The highest BCUT2D eigenvalue weighted by molar-refractivity contribution is 5.76. The molecule has 2 aromatic rings. The minimum Gasteiger partial charge on any atom is -0.474 e. The second-order valence-electron chi connectivity index (χ2n) is 6.53. The van der Waals surface area contributed by atoms with Crippen molar-refractivity contribution < 1.29 is 9.53 Å². The van der Waals surface area contributed by atoms with Gasteiger partial charge in [0.25, 0.3) is 5.56 Å². The molecule has 0 unspecified atom stereocenters. The Kier molecular flexibility index (Phi) is 5.29. The summed E-state index contributed by atoms with van der Waals surface area (Å²) < 4.78 is 7.25. The van der Waals surface area contributed by atoms with Gasteiger partial charge in [0.1, 0.15) is 18.5 Å². The highest BCUT2D eigenvalue weighted by Gasteiger charge is 2.24. The molecule has 0 atom stereocenters. The smallest absolute Gasteiger partial charge is 0.256 e. The largest absolute Gasteiger partial charge is 0.474 e. The lowest BCUT2D eigenvalue weighted by Gasteiger charge is -2.32. The Morgan fingerprint density at radius 3 is 2.65 bits per heavy atom. The number of likely N-dealkylation sites (tertiary alicyclic amines) is 1. The van der Waals surface area contributed by atoms with E-state index in [2.05, 4.69) is 15.0 Å². The molecular formula is C18H23N5O3. The van der Waals surface area contributed by atoms with Crippen LogP contribution in [0.2, 0.25) is 0 Å². The normalized spacial score (nSPS) is 15.1. The molecule has 0 bridgehead atoms. The summed E-state index contributed by atoms with van der Waals surface area (Å²) in [6.07, 6.45) is 4.60. The molecule has 1 aliphatic heterocycles. The van der Waals surface area contributed by atoms with Crippen molar-refractivity contribution in [2.24, 2.45) is 0 Å². The maximum Gasteiger partial charge on any atom is 0.256 e. The monoisotopic (exact) mass is 357 g/mol. The lowest BCUT2D eigenvalue weighted by atomic mass is 10.1. The van der Waals surface area contributed by atoms with E-state index in [-0.39, 0.29) is 24.1 Å². The summed E-state index contributed by atoms with van der Waals surface area (Å²) >= 11 is 0. The first-order valence-electron chi connectivity index (χ1n) is 8.71. The molecule has 1 amide bonds. The Morgan fingerprint density at radius 2 is 1.96 bits per heavy atom. The Balaban J connectivity index is 1.55. The predicted octanol–water partition coefficient (Wildman–Crippen LogP) is 1.03. The molecule has 0 spiro atoms. The Hall–Kier alpha value is -2.77. The van der Waals surface area contributed by atoms with Gasteiger partial charge in [0, 0.05) is 49.5 Å². The van der Waals surface area contributed by atoms with Gasteiger partial charge in [-0.2, -0.15) is 4.98 Å². The Labute approximate surface area is 151 Å². The molecule has 0 radical (unpaired) electrons. The van der Waals surface area contributed by atoms with Gasteiger partial charge in [0.2, 0.25) is 11.8 Å². The van der Waals surface area contributed by atoms with Crippen molar-refractivity contribution in [3.05, 3.63) is 46.0 Å². The van der Waals surface area contributed by atoms with E-state index in [9.17, 15) is 9.59 Å². The number of ether oxygens (including phenoxy) is 1. The SMILES string of the molecule is Cc1nccc(OC2CCN(C(=O)Cn3cnc(C)c(C)c3=O)CC2)n1. The highest BCUT2D eigenvalue weighted by atomic mass is 16.5. The molecule has 2 aromatic heterocycles. The summed E-state index contributed by atoms with van der Waals surface area (Å²) in [4.78, 5) is 38.9. The van der Waals surface area contributed by atoms with Crippen molar-refractivity contribution in [3.8, 4) is 5.88 Å². The van der Waals surface area contributed by atoms with Crippen molar-refractivity contribution in [2.45, 2.75) is 46.3 Å². The molecule has 8 nitrogen and oxygen atoms in total. The summed E-state index contributed by atoms with van der Waals surface area (Å²) in [5.74, 6) is 1.16. The average molecular weight is 357 g/mol. The lowest BCUT2D eigenvalue weighted by molar-refractivity contribution is -0.133. The summed E-state index contributed by atoms with van der Waals surface area (Å²) in [6.45, 7) is 6.54. The van der Waals surface area contributed by atoms with Crippen LogP contribution in [0.25, 0.3) is 0 Å². The highest BCUT2D eigenvalue weighted by Crippen LogP contribution is 2.17. The minimum absolute atomic E-state index is 0.0174. The van der Waals surface area contributed by atoms with E-state index < -0.39 is 0 Å². The van der Waals surface area contributed by atoms with Crippen LogP contribution in [0.3, 0.4) is 0 Å². The fourth-order valence-corrected chi connectivity index (χ4v) is 2.93. The molecule has 0 aromatic carbocycles. The number of hydrogen-bond acceptors (Lipinski definition) is 6. The van der Waals surface area contributed by atoms with Gasteiger partial charge in [-0.05, 0) is 20.8 Å². The van der Waals surface area contributed by atoms with Crippen LogP contribution in [0.5, 0.6) is 5.88 Å². The van der Waals surface area contributed by atoms with Crippen LogP contribution in [-0.4, -0.2) is 49.5 Å². The lowest BCUT2D eigenvalue weighted by Crippen LogP contribution is -2.44. The van der Waals surface area contributed by atoms with E-state index in [0.29, 0.717) is 36.1 Å². The number of carbonyl (C=O) groups excluding carboxylic acids is 1. The van der Waals surface area contributed by atoms with Crippen LogP contribution in [0.4, 0.5) is 0 Å². The summed E-state index contributed by atoms with van der Waals surface area (Å²) in [5, 5.41) is 0. The molecule has 3 heterocycles. The molecule has 0 N–H and O–H groups in total. The maximum absolute atomic E-state index is 12.5. The van der Waals surface area contributed by atoms with Crippen molar-refractivity contribution in [2.75, 3.05) is 13.1 Å². The zero-order valence-electron chi connectivity index (χ0n) is 15.3. The van der Waals surface area contributed by atoms with Gasteiger partial charge in [-0.3, -0.25) is 14.2 Å². The van der Waals surface area contributed by atoms with E-state index in [1.165, 1.54) is 10.9 Å². The molecule has 8 heteroatoms. The Morgan fingerprint density at radius 1 is 1.23 bits per heavy atom. The van der Waals surface area contributed by atoms with E-state index in [1.54, 1.807) is 31.0 Å². The maximum atomic E-state index is 12.5. The fraction of sp³-hybridized carbons (Fsp3) is 0.500. The van der Waals surface area contributed by atoms with E-state index >= 15 is 0 Å². The van der Waals surface area contributed by atoms with Gasteiger partial charge in [-0.1, -0.05) is 0 Å². The third-order valence-corrected chi connectivity index (χ3v) is 4.65. The number of aryl methyl sites for hydroxylation is 2. The molecule has 26 heavy (non-hydrogen) atoms. The topological polar surface area (TPSA) is 90.2 Å². The zero-order chi connectivity index (χ0) is 18.7. The molecule has 1 aliphatic rings. The first-order chi connectivity index (χ1) is 12.4. The fourth-order valence-electron chi connectivity index (χ4n) is 2.93. The predicted molar refractivity (Wildman–Crippen MR) is 95.0 cm³/mol. The first-order valence-corrected chi connectivity index (χ1v) is 8.71. The third-order valence-electron chi connectivity index (χ3n) is 4.65. The number of piperidine rings is 1. The van der Waals surface area contributed by atoms with Gasteiger partial charge in [-0.15, -0.1) is 0 Å². The number of aromatic nitrogens is 4.